The molecule has 6 heteroatoms. The highest BCUT2D eigenvalue weighted by atomic mass is 35.5. The Bertz CT molecular complexity index is 791. The Morgan fingerprint density at radius 2 is 1.79 bits per heavy atom. The Morgan fingerprint density at radius 3 is 2.50 bits per heavy atom. The van der Waals surface area contributed by atoms with Crippen molar-refractivity contribution in [3.63, 3.8) is 0 Å². The SMILES string of the molecule is COc1ccccc1CCNC(=O)C(C)N1CCN(c2ccccc2Cl)CC1. The molecule has 0 spiro atoms. The van der Waals surface area contributed by atoms with Gasteiger partial charge in [-0.25, -0.2) is 0 Å². The van der Waals surface area contributed by atoms with Gasteiger partial charge in [-0.2, -0.15) is 0 Å². The van der Waals surface area contributed by atoms with Gasteiger partial charge >= 0.3 is 0 Å². The zero-order chi connectivity index (χ0) is 19.9. The molecule has 150 valence electrons. The van der Waals surface area contributed by atoms with E-state index in [4.69, 9.17) is 16.3 Å². The van der Waals surface area contributed by atoms with Crippen molar-refractivity contribution in [1.82, 2.24) is 10.2 Å². The molecule has 0 aromatic heterocycles. The van der Waals surface area contributed by atoms with Gasteiger partial charge in [0, 0.05) is 32.7 Å². The van der Waals surface area contributed by atoms with Crippen LogP contribution in [-0.4, -0.2) is 56.7 Å². The third-order valence-electron chi connectivity index (χ3n) is 5.32. The molecule has 1 unspecified atom stereocenters. The van der Waals surface area contributed by atoms with E-state index in [1.165, 1.54) is 0 Å². The molecule has 0 aliphatic carbocycles. The van der Waals surface area contributed by atoms with Crippen molar-refractivity contribution in [2.24, 2.45) is 0 Å². The molecule has 5 nitrogen and oxygen atoms in total. The van der Waals surface area contributed by atoms with Crippen molar-refractivity contribution in [2.75, 3.05) is 44.7 Å². The van der Waals surface area contributed by atoms with Crippen LogP contribution in [0, 0.1) is 0 Å². The number of hydrogen-bond donors (Lipinski definition) is 1. The highest BCUT2D eigenvalue weighted by molar-refractivity contribution is 6.33. The summed E-state index contributed by atoms with van der Waals surface area (Å²) in [7, 11) is 1.67. The van der Waals surface area contributed by atoms with Crippen molar-refractivity contribution < 1.29 is 9.53 Å². The zero-order valence-electron chi connectivity index (χ0n) is 16.5. The molecule has 2 aromatic rings. The number of benzene rings is 2. The maximum absolute atomic E-state index is 12.6. The van der Waals surface area contributed by atoms with Crippen LogP contribution >= 0.6 is 11.6 Å². The Kier molecular flexibility index (Phi) is 7.18. The smallest absolute Gasteiger partial charge is 0.237 e. The highest BCUT2D eigenvalue weighted by Gasteiger charge is 2.26. The van der Waals surface area contributed by atoms with Gasteiger partial charge < -0.3 is 15.0 Å². The molecule has 0 saturated carbocycles. The van der Waals surface area contributed by atoms with Gasteiger partial charge in [0.05, 0.1) is 23.9 Å². The molecule has 1 aliphatic rings. The van der Waals surface area contributed by atoms with E-state index in [2.05, 4.69) is 15.1 Å². The van der Waals surface area contributed by atoms with E-state index < -0.39 is 0 Å². The van der Waals surface area contributed by atoms with Crippen LogP contribution < -0.4 is 15.0 Å². The van der Waals surface area contributed by atoms with E-state index in [0.29, 0.717) is 6.54 Å². The second-order valence-electron chi connectivity index (χ2n) is 7.00. The number of amides is 1. The van der Waals surface area contributed by atoms with Crippen LogP contribution in [0.2, 0.25) is 5.02 Å². The maximum Gasteiger partial charge on any atom is 0.237 e. The molecule has 28 heavy (non-hydrogen) atoms. The molecule has 1 heterocycles. The number of carbonyl (C=O) groups is 1. The van der Waals surface area contributed by atoms with Crippen molar-refractivity contribution in [2.45, 2.75) is 19.4 Å². The van der Waals surface area contributed by atoms with E-state index in [9.17, 15) is 4.79 Å². The summed E-state index contributed by atoms with van der Waals surface area (Å²) >= 11 is 6.31. The average molecular weight is 402 g/mol. The van der Waals surface area contributed by atoms with Gasteiger partial charge in [-0.05, 0) is 37.1 Å². The number of hydrogen-bond acceptors (Lipinski definition) is 4. The Morgan fingerprint density at radius 1 is 1.11 bits per heavy atom. The number of carbonyl (C=O) groups excluding carboxylic acids is 1. The number of methoxy groups -OCH3 is 1. The summed E-state index contributed by atoms with van der Waals surface area (Å²) in [6, 6.07) is 15.7. The number of halogens is 1. The molecular weight excluding hydrogens is 374 g/mol. The molecule has 1 amide bonds. The maximum atomic E-state index is 12.6. The lowest BCUT2D eigenvalue weighted by Crippen LogP contribution is -2.54. The Balaban J connectivity index is 1.46. The van der Waals surface area contributed by atoms with Gasteiger partial charge in [0.15, 0.2) is 0 Å². The quantitative estimate of drug-likeness (QED) is 0.773. The zero-order valence-corrected chi connectivity index (χ0v) is 17.3. The number of ether oxygens (including phenoxy) is 1. The molecule has 1 saturated heterocycles. The molecule has 1 N–H and O–H groups in total. The van der Waals surface area contributed by atoms with Crippen LogP contribution in [0.15, 0.2) is 48.5 Å². The summed E-state index contributed by atoms with van der Waals surface area (Å²) in [5.41, 5.74) is 2.17. The highest BCUT2D eigenvalue weighted by Crippen LogP contribution is 2.26. The van der Waals surface area contributed by atoms with Crippen LogP contribution in [-0.2, 0) is 11.2 Å². The number of anilines is 1. The van der Waals surface area contributed by atoms with Crippen molar-refractivity contribution in [3.05, 3.63) is 59.1 Å². The summed E-state index contributed by atoms with van der Waals surface area (Å²) in [5, 5.41) is 3.84. The fourth-order valence-corrected chi connectivity index (χ4v) is 3.86. The minimum Gasteiger partial charge on any atom is -0.496 e. The van der Waals surface area contributed by atoms with Crippen LogP contribution in [0.3, 0.4) is 0 Å². The van der Waals surface area contributed by atoms with Crippen molar-refractivity contribution in [1.29, 1.82) is 0 Å². The number of para-hydroxylation sites is 2. The average Bonchev–Trinajstić information content (AvgIpc) is 2.74. The first kappa shape index (κ1) is 20.5. The van der Waals surface area contributed by atoms with Crippen molar-refractivity contribution in [3.8, 4) is 5.75 Å². The van der Waals surface area contributed by atoms with Gasteiger partial charge in [-0.3, -0.25) is 9.69 Å². The predicted molar refractivity (Wildman–Crippen MR) is 114 cm³/mol. The molecule has 1 atom stereocenters. The summed E-state index contributed by atoms with van der Waals surface area (Å²) in [6.07, 6.45) is 0.753. The number of nitrogens with zero attached hydrogens (tertiary/aromatic N) is 2. The van der Waals surface area contributed by atoms with Gasteiger partial charge in [0.2, 0.25) is 5.91 Å². The Hall–Kier alpha value is -2.24. The monoisotopic (exact) mass is 401 g/mol. The van der Waals surface area contributed by atoms with E-state index >= 15 is 0 Å². The lowest BCUT2D eigenvalue weighted by molar-refractivity contribution is -0.125. The number of nitrogens with one attached hydrogen (secondary N) is 1. The second kappa shape index (κ2) is 9.80. The summed E-state index contributed by atoms with van der Waals surface area (Å²) < 4.78 is 5.37. The fraction of sp³-hybridized carbons (Fsp3) is 0.409. The van der Waals surface area contributed by atoms with Gasteiger partial charge in [0.1, 0.15) is 5.75 Å². The Labute approximate surface area is 172 Å². The van der Waals surface area contributed by atoms with Crippen molar-refractivity contribution >= 4 is 23.2 Å². The first-order valence-electron chi connectivity index (χ1n) is 9.73. The fourth-order valence-electron chi connectivity index (χ4n) is 3.60. The minimum atomic E-state index is -0.147. The third-order valence-corrected chi connectivity index (χ3v) is 5.64. The largest absolute Gasteiger partial charge is 0.496 e. The number of piperazine rings is 1. The second-order valence-corrected chi connectivity index (χ2v) is 7.41. The van der Waals surface area contributed by atoms with Crippen LogP contribution in [0.4, 0.5) is 5.69 Å². The molecule has 0 radical (unpaired) electrons. The minimum absolute atomic E-state index is 0.0705. The summed E-state index contributed by atoms with van der Waals surface area (Å²) in [4.78, 5) is 17.1. The van der Waals surface area contributed by atoms with E-state index in [-0.39, 0.29) is 11.9 Å². The molecule has 1 aliphatic heterocycles. The number of rotatable bonds is 7. The van der Waals surface area contributed by atoms with E-state index in [1.807, 2.05) is 55.5 Å². The van der Waals surface area contributed by atoms with Gasteiger partial charge in [-0.1, -0.05) is 41.9 Å². The van der Waals surface area contributed by atoms with Crippen LogP contribution in [0.5, 0.6) is 5.75 Å². The van der Waals surface area contributed by atoms with E-state index in [1.54, 1.807) is 7.11 Å². The third kappa shape index (κ3) is 4.97. The first-order chi connectivity index (χ1) is 13.6. The van der Waals surface area contributed by atoms with Gasteiger partial charge in [0.25, 0.3) is 0 Å². The lowest BCUT2D eigenvalue weighted by atomic mass is 10.1. The molecule has 3 rings (SSSR count). The molecular formula is C22H28ClN3O2. The summed E-state index contributed by atoms with van der Waals surface area (Å²) in [6.45, 7) is 5.98. The molecule has 1 fully saturated rings. The van der Waals surface area contributed by atoms with Crippen LogP contribution in [0.1, 0.15) is 12.5 Å². The normalized spacial score (nSPS) is 15.9. The standard InChI is InChI=1S/C22H28ClN3O2/c1-17(22(27)24-12-11-18-7-3-6-10-21(18)28-2)25-13-15-26(16-14-25)20-9-5-4-8-19(20)23/h3-10,17H,11-16H2,1-2H3,(H,24,27). The topological polar surface area (TPSA) is 44.8 Å². The first-order valence-corrected chi connectivity index (χ1v) is 10.1. The lowest BCUT2D eigenvalue weighted by Gasteiger charge is -2.38. The van der Waals surface area contributed by atoms with Crippen LogP contribution in [0.25, 0.3) is 0 Å². The molecule has 2 aromatic carbocycles. The van der Waals surface area contributed by atoms with Gasteiger partial charge in [-0.15, -0.1) is 0 Å². The van der Waals surface area contributed by atoms with E-state index in [0.717, 1.165) is 54.6 Å². The predicted octanol–water partition coefficient (Wildman–Crippen LogP) is 3.22. The molecule has 0 bridgehead atoms. The summed E-state index contributed by atoms with van der Waals surface area (Å²) in [5.74, 6) is 0.932.